The zero-order valence-electron chi connectivity index (χ0n) is 25.9. The number of benzene rings is 3. The predicted molar refractivity (Wildman–Crippen MR) is 176 cm³/mol. The monoisotopic (exact) mass is 666 g/mol. The molecule has 0 bridgehead atoms. The maximum Gasteiger partial charge on any atom is 0.266 e. The van der Waals surface area contributed by atoms with Crippen LogP contribution < -0.4 is 9.64 Å². The molecule has 0 radical (unpaired) electrons. The summed E-state index contributed by atoms with van der Waals surface area (Å²) in [6.45, 7) is 4.39. The zero-order chi connectivity index (χ0) is 32.9. The summed E-state index contributed by atoms with van der Waals surface area (Å²) in [5, 5.41) is 4.38. The molecule has 0 saturated carbocycles. The molecule has 1 aliphatic rings. The van der Waals surface area contributed by atoms with Crippen molar-refractivity contribution in [3.05, 3.63) is 95.8 Å². The first kappa shape index (κ1) is 33.3. The number of carbonyl (C=O) groups is 1. The van der Waals surface area contributed by atoms with Crippen LogP contribution in [0.1, 0.15) is 36.0 Å². The number of sulfonamides is 1. The first-order valence-corrected chi connectivity index (χ1v) is 18.1. The summed E-state index contributed by atoms with van der Waals surface area (Å²) in [6, 6.07) is 19.4. The fourth-order valence-corrected chi connectivity index (χ4v) is 7.51. The van der Waals surface area contributed by atoms with Crippen LogP contribution >= 0.6 is 0 Å². The molecule has 0 fully saturated rings. The number of aryl methyl sites for hydroxylation is 1. The van der Waals surface area contributed by atoms with Crippen LogP contribution in [0.2, 0.25) is 0 Å². The topological polar surface area (TPSA) is 139 Å². The molecule has 0 atom stereocenters. The van der Waals surface area contributed by atoms with Crippen LogP contribution in [-0.4, -0.2) is 66.8 Å². The van der Waals surface area contributed by atoms with Gasteiger partial charge in [0.25, 0.3) is 10.1 Å². The summed E-state index contributed by atoms with van der Waals surface area (Å²) in [6.07, 6.45) is 5.81. The normalized spacial score (nSPS) is 13.5. The molecule has 13 heteroatoms. The molecule has 1 aromatic heterocycles. The molecule has 1 amide bonds. The van der Waals surface area contributed by atoms with Gasteiger partial charge in [0.2, 0.25) is 15.9 Å². The van der Waals surface area contributed by atoms with Gasteiger partial charge in [0.05, 0.1) is 23.5 Å². The number of rotatable bonds is 13. The molecular weight excluding hydrogens is 629 g/mol. The number of hydrogen-bond donors (Lipinski definition) is 1. The first-order valence-electron chi connectivity index (χ1n) is 15.1. The number of aromatic nitrogens is 2. The van der Waals surface area contributed by atoms with Crippen LogP contribution in [0.5, 0.6) is 5.75 Å². The molecule has 1 N–H and O–H groups in total. The van der Waals surface area contributed by atoms with Crippen LogP contribution in [0.15, 0.2) is 84.0 Å². The molecule has 1 aliphatic heterocycles. The predicted octanol–water partition coefficient (Wildman–Crippen LogP) is 4.84. The van der Waals surface area contributed by atoms with E-state index in [1.165, 1.54) is 16.8 Å². The van der Waals surface area contributed by atoms with Gasteiger partial charge in [-0.2, -0.15) is 17.8 Å². The Morgan fingerprint density at radius 3 is 2.52 bits per heavy atom. The Morgan fingerprint density at radius 2 is 1.76 bits per heavy atom. The number of hydrogen-bond acceptors (Lipinski definition) is 7. The maximum absolute atomic E-state index is 13.4. The second-order valence-electron chi connectivity index (χ2n) is 11.3. The number of nitrogens with zero attached hydrogens (tertiary/aromatic N) is 4. The van der Waals surface area contributed by atoms with Gasteiger partial charge in [-0.25, -0.2) is 8.42 Å². The largest absolute Gasteiger partial charge is 0.493 e. The van der Waals surface area contributed by atoms with E-state index in [2.05, 4.69) is 5.10 Å². The van der Waals surface area contributed by atoms with Crippen molar-refractivity contribution in [3.63, 3.8) is 0 Å². The van der Waals surface area contributed by atoms with Crippen molar-refractivity contribution < 1.29 is 30.9 Å². The van der Waals surface area contributed by atoms with Crippen molar-refractivity contribution >= 4 is 31.7 Å². The van der Waals surface area contributed by atoms with Gasteiger partial charge in [-0.3, -0.25) is 14.0 Å². The van der Waals surface area contributed by atoms with Crippen LogP contribution in [0.3, 0.4) is 0 Å². The number of ether oxygens (including phenoxy) is 1. The second-order valence-corrected chi connectivity index (χ2v) is 14.8. The van der Waals surface area contributed by atoms with Crippen molar-refractivity contribution in [3.8, 4) is 16.9 Å². The zero-order valence-corrected chi connectivity index (χ0v) is 27.5. The molecule has 11 nitrogen and oxygen atoms in total. The summed E-state index contributed by atoms with van der Waals surface area (Å²) < 4.78 is 67.4. The van der Waals surface area contributed by atoms with Gasteiger partial charge in [0, 0.05) is 37.0 Å². The Morgan fingerprint density at radius 1 is 1.00 bits per heavy atom. The third kappa shape index (κ3) is 7.84. The summed E-state index contributed by atoms with van der Waals surface area (Å²) in [5.41, 5.74) is 5.73. The first-order chi connectivity index (χ1) is 21.9. The molecule has 2 heterocycles. The van der Waals surface area contributed by atoms with E-state index in [-0.39, 0.29) is 17.5 Å². The van der Waals surface area contributed by atoms with E-state index in [4.69, 9.17) is 4.74 Å². The summed E-state index contributed by atoms with van der Waals surface area (Å²) >= 11 is 0. The Balaban J connectivity index is 1.30. The highest BCUT2D eigenvalue weighted by atomic mass is 32.2. The lowest BCUT2D eigenvalue weighted by Crippen LogP contribution is -2.36. The van der Waals surface area contributed by atoms with Crippen LogP contribution in [-0.2, 0) is 38.0 Å². The standard InChI is InChI=1S/C33H38N4O7S2/c1-25-10-6-16-32(26(25)2)44-20-9-17-33(38)37-18-8-14-30-29(13-7-15-31(30)37)27-22-34-35(23-27)24-36(19-21-45(39,40)41)46(42,43)28-11-4-3-5-12-28/h3-7,10-13,15-16,22-23H,8-9,14,17-21,24H2,1-2H3,(H,39,40,41). The number of fused-ring (bicyclic) bond motifs is 1. The van der Waals surface area contributed by atoms with E-state index in [1.54, 1.807) is 30.6 Å². The molecule has 46 heavy (non-hydrogen) atoms. The minimum absolute atomic E-state index is 0.00329. The van der Waals surface area contributed by atoms with Crippen molar-refractivity contribution in [2.24, 2.45) is 0 Å². The quantitative estimate of drug-likeness (QED) is 0.158. The van der Waals surface area contributed by atoms with Gasteiger partial charge in [0.1, 0.15) is 12.4 Å². The molecule has 0 saturated heterocycles. The lowest BCUT2D eigenvalue weighted by atomic mass is 9.93. The maximum atomic E-state index is 13.4. The van der Waals surface area contributed by atoms with E-state index in [9.17, 15) is 26.2 Å². The molecule has 4 aromatic rings. The molecule has 5 rings (SSSR count). The Hall–Kier alpha value is -4.04. The summed E-state index contributed by atoms with van der Waals surface area (Å²) in [7, 11) is -8.51. The highest BCUT2D eigenvalue weighted by Gasteiger charge is 2.28. The van der Waals surface area contributed by atoms with Gasteiger partial charge in [-0.1, -0.05) is 42.5 Å². The third-order valence-electron chi connectivity index (χ3n) is 8.13. The Bertz CT molecular complexity index is 1910. The van der Waals surface area contributed by atoms with Crippen molar-refractivity contribution in [2.75, 3.05) is 30.3 Å². The third-order valence-corrected chi connectivity index (χ3v) is 10.7. The molecule has 3 aromatic carbocycles. The van der Waals surface area contributed by atoms with E-state index in [1.807, 2.05) is 55.1 Å². The van der Waals surface area contributed by atoms with Crippen LogP contribution in [0.4, 0.5) is 5.69 Å². The molecule has 0 unspecified atom stereocenters. The Labute approximate surface area is 270 Å². The number of carbonyl (C=O) groups excluding carboxylic acids is 1. The van der Waals surface area contributed by atoms with Gasteiger partial charge in [-0.05, 0) is 79.6 Å². The summed E-state index contributed by atoms with van der Waals surface area (Å²) in [5.74, 6) is 0.0973. The van der Waals surface area contributed by atoms with E-state index >= 15 is 0 Å². The van der Waals surface area contributed by atoms with Gasteiger partial charge in [-0.15, -0.1) is 0 Å². The van der Waals surface area contributed by atoms with Gasteiger partial charge < -0.3 is 9.64 Å². The smallest absolute Gasteiger partial charge is 0.266 e. The highest BCUT2D eigenvalue weighted by molar-refractivity contribution is 7.89. The van der Waals surface area contributed by atoms with Crippen LogP contribution in [0.25, 0.3) is 11.1 Å². The number of amides is 1. The summed E-state index contributed by atoms with van der Waals surface area (Å²) in [4.78, 5) is 15.2. The minimum atomic E-state index is -4.41. The number of anilines is 1. The van der Waals surface area contributed by atoms with E-state index < -0.39 is 32.4 Å². The molecule has 0 spiro atoms. The second kappa shape index (κ2) is 14.2. The SMILES string of the molecule is Cc1cccc(OCCCC(=O)N2CCCc3c(-c4cnn(CN(CCS(=O)(=O)O)S(=O)(=O)c5ccccc5)c4)cccc32)c1C. The molecular formula is C33H38N4O7S2. The highest BCUT2D eigenvalue weighted by Crippen LogP contribution is 2.36. The van der Waals surface area contributed by atoms with Crippen LogP contribution in [0, 0.1) is 13.8 Å². The average Bonchev–Trinajstić information content (AvgIpc) is 3.51. The minimum Gasteiger partial charge on any atom is -0.493 e. The van der Waals surface area contributed by atoms with Crippen molar-refractivity contribution in [1.82, 2.24) is 14.1 Å². The fourth-order valence-electron chi connectivity index (χ4n) is 5.54. The van der Waals surface area contributed by atoms with Crippen molar-refractivity contribution in [1.29, 1.82) is 0 Å². The van der Waals surface area contributed by atoms with Gasteiger partial charge in [0.15, 0.2) is 0 Å². The molecule has 244 valence electrons. The molecule has 0 aliphatic carbocycles. The Kier molecular flexibility index (Phi) is 10.3. The van der Waals surface area contributed by atoms with Gasteiger partial charge >= 0.3 is 0 Å². The fraction of sp³-hybridized carbons (Fsp3) is 0.333. The average molecular weight is 667 g/mol. The lowest BCUT2D eigenvalue weighted by molar-refractivity contribution is -0.118. The van der Waals surface area contributed by atoms with E-state index in [0.717, 1.165) is 56.4 Å². The van der Waals surface area contributed by atoms with Crippen molar-refractivity contribution in [2.45, 2.75) is 51.1 Å². The van der Waals surface area contributed by atoms with E-state index in [0.29, 0.717) is 26.0 Å². The lowest BCUT2D eigenvalue weighted by Gasteiger charge is -2.31.